The van der Waals surface area contributed by atoms with Gasteiger partial charge in [0.2, 0.25) is 0 Å². The summed E-state index contributed by atoms with van der Waals surface area (Å²) in [4.78, 5) is 46.4. The first-order chi connectivity index (χ1) is 15.0. The third-order valence-electron chi connectivity index (χ3n) is 4.99. The second-order valence-electron chi connectivity index (χ2n) is 7.99. The van der Waals surface area contributed by atoms with Crippen LogP contribution in [-0.4, -0.2) is 65.8 Å². The van der Waals surface area contributed by atoms with Gasteiger partial charge in [-0.25, -0.2) is 0 Å². The molecule has 0 aromatic carbocycles. The van der Waals surface area contributed by atoms with Gasteiger partial charge in [-0.2, -0.15) is 0 Å². The lowest BCUT2D eigenvalue weighted by Gasteiger charge is -2.44. The molecule has 1 rings (SSSR count). The first-order valence-electron chi connectivity index (χ1n) is 11.1. The zero-order valence-corrected chi connectivity index (χ0v) is 19.5. The van der Waals surface area contributed by atoms with Crippen molar-refractivity contribution >= 4 is 23.9 Å². The lowest BCUT2D eigenvalue weighted by molar-refractivity contribution is -0.310. The maximum atomic E-state index is 11.8. The number of ether oxygens (including phenoxy) is 5. The minimum Gasteiger partial charge on any atom is -0.481 e. The van der Waals surface area contributed by atoms with Crippen LogP contribution in [0.1, 0.15) is 79.6 Å². The normalized spacial score (nSPS) is 26.1. The molecule has 0 amide bonds. The summed E-state index contributed by atoms with van der Waals surface area (Å²) >= 11 is 0. The molecule has 1 heterocycles. The Morgan fingerprint density at radius 2 is 1.38 bits per heavy atom. The van der Waals surface area contributed by atoms with Crippen LogP contribution in [0.5, 0.6) is 0 Å². The lowest BCUT2D eigenvalue weighted by atomic mass is 9.98. The molecule has 32 heavy (non-hydrogen) atoms. The van der Waals surface area contributed by atoms with Crippen molar-refractivity contribution in [2.45, 2.75) is 116 Å². The van der Waals surface area contributed by atoms with Crippen LogP contribution in [0, 0.1) is 0 Å². The Labute approximate surface area is 188 Å². The first-order valence-corrected chi connectivity index (χ1v) is 11.1. The zero-order chi connectivity index (χ0) is 24.3. The fraction of sp³-hybridized carbons (Fsp3) is 0.818. The zero-order valence-electron chi connectivity index (χ0n) is 19.5. The summed E-state index contributed by atoms with van der Waals surface area (Å²) in [7, 11) is 0. The van der Waals surface area contributed by atoms with Gasteiger partial charge in [-0.1, -0.05) is 39.0 Å². The van der Waals surface area contributed by atoms with E-state index in [2.05, 4.69) is 6.92 Å². The van der Waals surface area contributed by atoms with E-state index in [1.54, 1.807) is 6.92 Å². The van der Waals surface area contributed by atoms with E-state index < -0.39 is 60.7 Å². The predicted molar refractivity (Wildman–Crippen MR) is 111 cm³/mol. The van der Waals surface area contributed by atoms with E-state index in [1.807, 2.05) is 0 Å². The monoisotopic (exact) mass is 460 g/mol. The molecular weight excluding hydrogens is 424 g/mol. The number of unbranched alkanes of at least 4 members (excludes halogenated alkanes) is 4. The molecule has 0 saturated carbocycles. The molecule has 0 unspecified atom stereocenters. The van der Waals surface area contributed by atoms with Gasteiger partial charge in [-0.05, 0) is 13.3 Å². The molecule has 6 atom stereocenters. The maximum Gasteiger partial charge on any atom is 0.305 e. The lowest BCUT2D eigenvalue weighted by Crippen LogP contribution is -2.61. The van der Waals surface area contributed by atoms with Gasteiger partial charge in [0.05, 0.1) is 18.6 Å². The predicted octanol–water partition coefficient (Wildman–Crippen LogP) is 2.75. The van der Waals surface area contributed by atoms with Crippen molar-refractivity contribution in [2.75, 3.05) is 0 Å². The van der Waals surface area contributed by atoms with E-state index in [-0.39, 0.29) is 6.42 Å². The first kappa shape index (κ1) is 27.8. The van der Waals surface area contributed by atoms with Crippen LogP contribution in [0.3, 0.4) is 0 Å². The van der Waals surface area contributed by atoms with Gasteiger partial charge in [-0.15, -0.1) is 0 Å². The van der Waals surface area contributed by atoms with Crippen molar-refractivity contribution in [1.82, 2.24) is 0 Å². The average Bonchev–Trinajstić information content (AvgIpc) is 2.66. The van der Waals surface area contributed by atoms with E-state index in [9.17, 15) is 24.3 Å². The molecular formula is C22H36O10. The molecule has 0 aromatic heterocycles. The van der Waals surface area contributed by atoms with Crippen molar-refractivity contribution in [2.24, 2.45) is 0 Å². The molecule has 0 aliphatic carbocycles. The Kier molecular flexibility index (Phi) is 12.2. The fourth-order valence-corrected chi connectivity index (χ4v) is 3.66. The maximum absolute atomic E-state index is 11.8. The Hall–Kier alpha value is -2.20. The van der Waals surface area contributed by atoms with Gasteiger partial charge in [0.1, 0.15) is 0 Å². The SMILES string of the molecule is CCCCCCC[C@@H](CC(=O)O)O[C@@H]1O[C@@H](C)[C@H](OC(C)=O)[C@@H](OC(C)=O)[C@H]1OC(C)=O. The molecule has 0 spiro atoms. The van der Waals surface area contributed by atoms with Crippen molar-refractivity contribution in [3.8, 4) is 0 Å². The Morgan fingerprint density at radius 1 is 0.844 bits per heavy atom. The average molecular weight is 461 g/mol. The van der Waals surface area contributed by atoms with Crippen LogP contribution in [-0.2, 0) is 42.9 Å². The molecule has 1 saturated heterocycles. The van der Waals surface area contributed by atoms with Gasteiger partial charge in [-0.3, -0.25) is 19.2 Å². The Balaban J connectivity index is 3.07. The summed E-state index contributed by atoms with van der Waals surface area (Å²) in [6, 6.07) is 0. The van der Waals surface area contributed by atoms with E-state index in [0.717, 1.165) is 32.1 Å². The largest absolute Gasteiger partial charge is 0.481 e. The fourth-order valence-electron chi connectivity index (χ4n) is 3.66. The van der Waals surface area contributed by atoms with E-state index >= 15 is 0 Å². The van der Waals surface area contributed by atoms with Gasteiger partial charge in [0.15, 0.2) is 24.6 Å². The summed E-state index contributed by atoms with van der Waals surface area (Å²) in [5.74, 6) is -3.02. The van der Waals surface area contributed by atoms with Crippen molar-refractivity contribution in [3.63, 3.8) is 0 Å². The minimum atomic E-state index is -1.24. The van der Waals surface area contributed by atoms with Crippen LogP contribution < -0.4 is 0 Å². The smallest absolute Gasteiger partial charge is 0.305 e. The summed E-state index contributed by atoms with van der Waals surface area (Å²) in [5.41, 5.74) is 0. The van der Waals surface area contributed by atoms with E-state index in [1.165, 1.54) is 20.8 Å². The number of carbonyl (C=O) groups is 4. The highest BCUT2D eigenvalue weighted by Gasteiger charge is 2.51. The minimum absolute atomic E-state index is 0.263. The summed E-state index contributed by atoms with van der Waals surface area (Å²) in [5, 5.41) is 9.30. The number of aliphatic carboxylic acids is 1. The van der Waals surface area contributed by atoms with E-state index in [0.29, 0.717) is 6.42 Å². The molecule has 1 N–H and O–H groups in total. The highest BCUT2D eigenvalue weighted by atomic mass is 16.7. The van der Waals surface area contributed by atoms with Crippen molar-refractivity contribution in [3.05, 3.63) is 0 Å². The summed E-state index contributed by atoms with van der Waals surface area (Å²) < 4.78 is 27.7. The number of carbonyl (C=O) groups excluding carboxylic acids is 3. The molecule has 1 aliphatic heterocycles. The topological polar surface area (TPSA) is 135 Å². The van der Waals surface area contributed by atoms with Crippen LogP contribution >= 0.6 is 0 Å². The van der Waals surface area contributed by atoms with Crippen LogP contribution in [0.25, 0.3) is 0 Å². The van der Waals surface area contributed by atoms with Crippen LogP contribution in [0.4, 0.5) is 0 Å². The molecule has 10 heteroatoms. The quantitative estimate of drug-likeness (QED) is 0.248. The number of carboxylic acid groups (broad SMARTS) is 1. The molecule has 184 valence electrons. The van der Waals surface area contributed by atoms with Crippen molar-refractivity contribution < 1.29 is 48.0 Å². The number of hydrogen-bond acceptors (Lipinski definition) is 9. The highest BCUT2D eigenvalue weighted by Crippen LogP contribution is 2.31. The summed E-state index contributed by atoms with van der Waals surface area (Å²) in [6.07, 6.45) is -0.976. The number of carboxylic acids is 1. The van der Waals surface area contributed by atoms with Crippen LogP contribution in [0.15, 0.2) is 0 Å². The van der Waals surface area contributed by atoms with Gasteiger partial charge in [0, 0.05) is 20.8 Å². The standard InChI is InChI=1S/C22H36O10/c1-6-7-8-9-10-11-17(12-18(26)27)32-22-21(31-16(5)25)20(30-15(4)24)19(13(2)28-22)29-14(3)23/h13,17,19-22H,6-12H2,1-5H3,(H,26,27)/t13-,17-,19-,20+,21+,22-/m0/s1. The number of esters is 3. The molecule has 0 aromatic rings. The molecule has 0 radical (unpaired) electrons. The Morgan fingerprint density at radius 3 is 1.91 bits per heavy atom. The Bertz CT molecular complexity index is 634. The summed E-state index contributed by atoms with van der Waals surface area (Å²) in [6.45, 7) is 7.25. The van der Waals surface area contributed by atoms with Crippen LogP contribution in [0.2, 0.25) is 0 Å². The van der Waals surface area contributed by atoms with Crippen molar-refractivity contribution in [1.29, 1.82) is 0 Å². The number of hydrogen-bond donors (Lipinski definition) is 1. The second-order valence-corrected chi connectivity index (χ2v) is 7.99. The third-order valence-corrected chi connectivity index (χ3v) is 4.99. The van der Waals surface area contributed by atoms with Gasteiger partial charge < -0.3 is 28.8 Å². The highest BCUT2D eigenvalue weighted by molar-refractivity contribution is 5.68. The molecule has 1 fully saturated rings. The van der Waals surface area contributed by atoms with Gasteiger partial charge >= 0.3 is 23.9 Å². The van der Waals surface area contributed by atoms with E-state index in [4.69, 9.17) is 23.7 Å². The second kappa shape index (κ2) is 14.1. The molecule has 1 aliphatic rings. The third kappa shape index (κ3) is 9.95. The molecule has 10 nitrogen and oxygen atoms in total. The van der Waals surface area contributed by atoms with Gasteiger partial charge in [0.25, 0.3) is 0 Å². The number of rotatable bonds is 13. The molecule has 0 bridgehead atoms.